The second kappa shape index (κ2) is 6.73. The molecule has 8 nitrogen and oxygen atoms in total. The zero-order valence-corrected chi connectivity index (χ0v) is 15.9. The first-order chi connectivity index (χ1) is 14.9. The molecular formula is C22H13BN2O6. The van der Waals surface area contributed by atoms with Gasteiger partial charge in [-0.1, -0.05) is 24.3 Å². The Morgan fingerprint density at radius 1 is 0.548 bits per heavy atom. The summed E-state index contributed by atoms with van der Waals surface area (Å²) in [4.78, 5) is 53.2. The lowest BCUT2D eigenvalue weighted by Crippen LogP contribution is -2.36. The van der Waals surface area contributed by atoms with Crippen LogP contribution in [-0.4, -0.2) is 40.8 Å². The molecule has 0 aliphatic carbocycles. The summed E-state index contributed by atoms with van der Waals surface area (Å²) in [5, 5.41) is 19.5. The van der Waals surface area contributed by atoms with Crippen LogP contribution in [0.3, 0.4) is 0 Å². The van der Waals surface area contributed by atoms with E-state index in [0.717, 1.165) is 9.80 Å². The van der Waals surface area contributed by atoms with E-state index in [1.54, 1.807) is 24.3 Å². The molecule has 0 aromatic heterocycles. The van der Waals surface area contributed by atoms with Crippen LogP contribution in [0.4, 0.5) is 11.4 Å². The third-order valence-electron chi connectivity index (χ3n) is 5.33. The lowest BCUT2D eigenvalue weighted by Gasteiger charge is -2.20. The van der Waals surface area contributed by atoms with E-state index in [1.807, 2.05) is 0 Å². The molecule has 0 radical (unpaired) electrons. The minimum absolute atomic E-state index is 0.0170. The van der Waals surface area contributed by atoms with Crippen LogP contribution in [0.15, 0.2) is 66.7 Å². The number of imide groups is 2. The molecule has 0 saturated heterocycles. The molecule has 5 rings (SSSR count). The number of carbonyl (C=O) groups is 4. The molecule has 0 spiro atoms. The van der Waals surface area contributed by atoms with Gasteiger partial charge in [-0.3, -0.25) is 19.2 Å². The molecular weight excluding hydrogens is 399 g/mol. The maximum atomic E-state index is 12.9. The smallest absolute Gasteiger partial charge is 0.423 e. The van der Waals surface area contributed by atoms with Crippen molar-refractivity contribution in [1.29, 1.82) is 0 Å². The molecule has 0 atom stereocenters. The molecule has 0 saturated carbocycles. The Bertz CT molecular complexity index is 1160. The van der Waals surface area contributed by atoms with E-state index in [2.05, 4.69) is 0 Å². The molecule has 0 fully saturated rings. The highest BCUT2D eigenvalue weighted by molar-refractivity contribution is 6.59. The van der Waals surface area contributed by atoms with Gasteiger partial charge in [0.25, 0.3) is 23.6 Å². The summed E-state index contributed by atoms with van der Waals surface area (Å²) < 4.78 is 0. The molecule has 2 aliphatic heterocycles. The van der Waals surface area contributed by atoms with Crippen molar-refractivity contribution in [2.45, 2.75) is 0 Å². The Morgan fingerprint density at radius 2 is 0.871 bits per heavy atom. The van der Waals surface area contributed by atoms with E-state index in [4.69, 9.17) is 0 Å². The van der Waals surface area contributed by atoms with Crippen molar-refractivity contribution in [3.05, 3.63) is 89.0 Å². The predicted molar refractivity (Wildman–Crippen MR) is 111 cm³/mol. The Balaban J connectivity index is 1.64. The fourth-order valence-corrected chi connectivity index (χ4v) is 3.87. The fraction of sp³-hybridized carbons (Fsp3) is 0. The second-order valence-corrected chi connectivity index (χ2v) is 7.14. The van der Waals surface area contributed by atoms with E-state index in [0.29, 0.717) is 0 Å². The van der Waals surface area contributed by atoms with Gasteiger partial charge < -0.3 is 10.0 Å². The van der Waals surface area contributed by atoms with E-state index >= 15 is 0 Å². The SMILES string of the molecule is O=C1c2ccccc2C(=O)N1c1cc(B(O)O)cc(N2C(=O)c3ccccc3C2=O)c1. The van der Waals surface area contributed by atoms with E-state index in [1.165, 1.54) is 42.5 Å². The van der Waals surface area contributed by atoms with Gasteiger partial charge in [0.2, 0.25) is 0 Å². The average Bonchev–Trinajstić information content (AvgIpc) is 3.18. The van der Waals surface area contributed by atoms with Crippen LogP contribution in [0.1, 0.15) is 41.4 Å². The Labute approximate surface area is 176 Å². The number of benzene rings is 3. The summed E-state index contributed by atoms with van der Waals surface area (Å²) in [6.07, 6.45) is 0. The van der Waals surface area contributed by atoms with Gasteiger partial charge in [-0.15, -0.1) is 0 Å². The van der Waals surface area contributed by atoms with Crippen LogP contribution in [0, 0.1) is 0 Å². The minimum Gasteiger partial charge on any atom is -0.423 e. The van der Waals surface area contributed by atoms with Gasteiger partial charge in [0.05, 0.1) is 33.6 Å². The summed E-state index contributed by atoms with van der Waals surface area (Å²) in [7, 11) is -1.95. The zero-order chi connectivity index (χ0) is 21.9. The Morgan fingerprint density at radius 3 is 1.16 bits per heavy atom. The van der Waals surface area contributed by atoms with Gasteiger partial charge in [0.1, 0.15) is 0 Å². The van der Waals surface area contributed by atoms with Crippen molar-refractivity contribution in [3.63, 3.8) is 0 Å². The largest absolute Gasteiger partial charge is 0.488 e. The van der Waals surface area contributed by atoms with Crippen LogP contribution in [0.2, 0.25) is 0 Å². The molecule has 2 heterocycles. The molecule has 0 bridgehead atoms. The van der Waals surface area contributed by atoms with Crippen LogP contribution >= 0.6 is 0 Å². The van der Waals surface area contributed by atoms with Crippen molar-refractivity contribution in [1.82, 2.24) is 0 Å². The second-order valence-electron chi connectivity index (χ2n) is 7.14. The van der Waals surface area contributed by atoms with E-state index in [9.17, 15) is 29.2 Å². The van der Waals surface area contributed by atoms with Crippen molar-refractivity contribution in [2.24, 2.45) is 0 Å². The van der Waals surface area contributed by atoms with Crippen LogP contribution in [0.5, 0.6) is 0 Å². The van der Waals surface area contributed by atoms with Crippen molar-refractivity contribution >= 4 is 47.6 Å². The fourth-order valence-electron chi connectivity index (χ4n) is 3.87. The Hall–Kier alpha value is -4.08. The normalized spacial score (nSPS) is 14.9. The predicted octanol–water partition coefficient (Wildman–Crippen LogP) is 0.968. The molecule has 2 aliphatic rings. The first kappa shape index (κ1) is 18.9. The third kappa shape index (κ3) is 2.72. The van der Waals surface area contributed by atoms with Crippen molar-refractivity contribution in [3.8, 4) is 0 Å². The van der Waals surface area contributed by atoms with E-state index in [-0.39, 0.29) is 39.1 Å². The van der Waals surface area contributed by atoms with Crippen molar-refractivity contribution < 1.29 is 29.2 Å². The highest BCUT2D eigenvalue weighted by atomic mass is 16.4. The topological polar surface area (TPSA) is 115 Å². The van der Waals surface area contributed by atoms with Crippen LogP contribution in [-0.2, 0) is 0 Å². The monoisotopic (exact) mass is 412 g/mol. The maximum Gasteiger partial charge on any atom is 0.488 e. The van der Waals surface area contributed by atoms with Gasteiger partial charge in [-0.25, -0.2) is 9.80 Å². The average molecular weight is 412 g/mol. The van der Waals surface area contributed by atoms with Gasteiger partial charge in [0, 0.05) is 0 Å². The Kier molecular flexibility index (Phi) is 4.11. The zero-order valence-electron chi connectivity index (χ0n) is 15.9. The first-order valence-electron chi connectivity index (χ1n) is 9.35. The van der Waals surface area contributed by atoms with Crippen LogP contribution < -0.4 is 15.3 Å². The number of nitrogens with zero attached hydrogens (tertiary/aromatic N) is 2. The molecule has 9 heteroatoms. The minimum atomic E-state index is -1.95. The third-order valence-corrected chi connectivity index (χ3v) is 5.33. The first-order valence-corrected chi connectivity index (χ1v) is 9.35. The molecule has 3 aromatic carbocycles. The summed E-state index contributed by atoms with van der Waals surface area (Å²) in [6.45, 7) is 0. The van der Waals surface area contributed by atoms with Gasteiger partial charge >= 0.3 is 7.12 Å². The molecule has 31 heavy (non-hydrogen) atoms. The number of carbonyl (C=O) groups excluding carboxylic acids is 4. The van der Waals surface area contributed by atoms with Crippen molar-refractivity contribution in [2.75, 3.05) is 9.80 Å². The molecule has 3 aromatic rings. The quantitative estimate of drug-likeness (QED) is 0.490. The molecule has 0 unspecified atom stereocenters. The number of fused-ring (bicyclic) bond motifs is 2. The van der Waals surface area contributed by atoms with Crippen LogP contribution in [0.25, 0.3) is 0 Å². The highest BCUT2D eigenvalue weighted by Crippen LogP contribution is 2.33. The number of anilines is 2. The van der Waals surface area contributed by atoms with E-state index < -0.39 is 30.7 Å². The van der Waals surface area contributed by atoms with Gasteiger partial charge in [-0.05, 0) is 47.9 Å². The lowest BCUT2D eigenvalue weighted by atomic mass is 9.79. The van der Waals surface area contributed by atoms with Gasteiger partial charge in [0.15, 0.2) is 0 Å². The maximum absolute atomic E-state index is 12.9. The number of hydrogen-bond acceptors (Lipinski definition) is 6. The molecule has 150 valence electrons. The number of rotatable bonds is 3. The standard InChI is InChI=1S/C22H13BN2O6/c26-19-15-5-1-2-6-16(15)20(27)24(19)13-9-12(23(30)31)10-14(11-13)25-21(28)17-7-3-4-8-18(17)22(25)29/h1-11,30-31H. The lowest BCUT2D eigenvalue weighted by molar-refractivity contribution is 0.0912. The highest BCUT2D eigenvalue weighted by Gasteiger charge is 2.40. The van der Waals surface area contributed by atoms with Gasteiger partial charge in [-0.2, -0.15) is 0 Å². The number of hydrogen-bond donors (Lipinski definition) is 2. The summed E-state index contributed by atoms with van der Waals surface area (Å²) in [5.74, 6) is -2.34. The summed E-state index contributed by atoms with van der Waals surface area (Å²) >= 11 is 0. The molecule has 4 amide bonds. The summed E-state index contributed by atoms with van der Waals surface area (Å²) in [5.41, 5.74) is 0.802. The molecule has 2 N–H and O–H groups in total. The number of amides is 4. The summed E-state index contributed by atoms with van der Waals surface area (Å²) in [6, 6.07) is 16.4.